The molecular formula is C30H40N6O4. The molecule has 0 radical (unpaired) electrons. The van der Waals surface area contributed by atoms with Gasteiger partial charge in [0.1, 0.15) is 11.5 Å². The predicted octanol–water partition coefficient (Wildman–Crippen LogP) is 3.57. The molecule has 2 aromatic heterocycles. The van der Waals surface area contributed by atoms with Crippen LogP contribution in [0.25, 0.3) is 21.8 Å². The first-order valence-corrected chi connectivity index (χ1v) is 13.9. The fourth-order valence-electron chi connectivity index (χ4n) is 4.60. The Morgan fingerprint density at radius 2 is 1.05 bits per heavy atom. The Morgan fingerprint density at radius 3 is 1.48 bits per heavy atom. The van der Waals surface area contributed by atoms with E-state index in [-0.39, 0.29) is 11.8 Å². The number of amides is 2. The van der Waals surface area contributed by atoms with Gasteiger partial charge in [-0.25, -0.2) is 0 Å². The number of H-pyrrole nitrogens is 2. The number of methoxy groups -OCH3 is 2. The van der Waals surface area contributed by atoms with E-state index < -0.39 is 0 Å². The van der Waals surface area contributed by atoms with Crippen molar-refractivity contribution in [3.05, 3.63) is 59.9 Å². The number of aromatic amines is 2. The van der Waals surface area contributed by atoms with Crippen molar-refractivity contribution in [1.82, 2.24) is 31.2 Å². The molecule has 0 fully saturated rings. The first-order valence-electron chi connectivity index (χ1n) is 13.9. The predicted molar refractivity (Wildman–Crippen MR) is 159 cm³/mol. The zero-order valence-electron chi connectivity index (χ0n) is 23.3. The first kappa shape index (κ1) is 29.0. The standard InChI is InChI=1S/C30H40N6O4/c1-39-21-7-9-27-23(17-21)25(19-35-27)29(37)33-15-5-13-31-11-3-4-12-32-14-6-16-34-30(38)26-20-36-28-10-8-22(40-2)18-24(26)28/h7-10,17-20,31-32,35-36H,3-6,11-16H2,1-2H3,(H,33,37)(H,34,38). The van der Waals surface area contributed by atoms with Crippen LogP contribution in [0.1, 0.15) is 46.4 Å². The number of rotatable bonds is 17. The minimum atomic E-state index is -0.0798. The van der Waals surface area contributed by atoms with Crippen LogP contribution in [0.15, 0.2) is 48.8 Å². The summed E-state index contributed by atoms with van der Waals surface area (Å²) in [7, 11) is 3.24. The van der Waals surface area contributed by atoms with E-state index in [1.54, 1.807) is 26.6 Å². The molecule has 0 bridgehead atoms. The molecule has 0 saturated carbocycles. The van der Waals surface area contributed by atoms with Crippen LogP contribution in [0.4, 0.5) is 0 Å². The highest BCUT2D eigenvalue weighted by Gasteiger charge is 2.13. The third kappa shape index (κ3) is 7.77. The summed E-state index contributed by atoms with van der Waals surface area (Å²) in [4.78, 5) is 31.4. The Hall–Kier alpha value is -4.02. The summed E-state index contributed by atoms with van der Waals surface area (Å²) in [6, 6.07) is 11.3. The zero-order chi connectivity index (χ0) is 28.2. The van der Waals surface area contributed by atoms with Gasteiger partial charge >= 0.3 is 0 Å². The quantitative estimate of drug-likeness (QED) is 0.112. The molecule has 0 saturated heterocycles. The van der Waals surface area contributed by atoms with Crippen LogP contribution in [-0.4, -0.2) is 75.3 Å². The van der Waals surface area contributed by atoms with E-state index in [2.05, 4.69) is 31.2 Å². The van der Waals surface area contributed by atoms with E-state index in [4.69, 9.17) is 9.47 Å². The van der Waals surface area contributed by atoms with Gasteiger partial charge in [-0.3, -0.25) is 9.59 Å². The Kier molecular flexibility index (Phi) is 10.8. The number of carbonyl (C=O) groups excluding carboxylic acids is 2. The Labute approximate surface area is 234 Å². The summed E-state index contributed by atoms with van der Waals surface area (Å²) in [5, 5.41) is 14.6. The second kappa shape index (κ2) is 14.9. The fourth-order valence-corrected chi connectivity index (χ4v) is 4.60. The van der Waals surface area contributed by atoms with Crippen molar-refractivity contribution in [2.24, 2.45) is 0 Å². The number of hydrogen-bond donors (Lipinski definition) is 6. The zero-order valence-corrected chi connectivity index (χ0v) is 23.3. The normalized spacial score (nSPS) is 11.2. The Balaban J connectivity index is 0.981. The summed E-state index contributed by atoms with van der Waals surface area (Å²) in [6.07, 6.45) is 7.38. The molecule has 0 unspecified atom stereocenters. The lowest BCUT2D eigenvalue weighted by Crippen LogP contribution is -2.28. The number of carbonyl (C=O) groups is 2. The van der Waals surface area contributed by atoms with Crippen molar-refractivity contribution >= 4 is 33.6 Å². The number of fused-ring (bicyclic) bond motifs is 2. The van der Waals surface area contributed by atoms with E-state index in [9.17, 15) is 9.59 Å². The van der Waals surface area contributed by atoms with Crippen LogP contribution in [-0.2, 0) is 0 Å². The molecule has 2 heterocycles. The minimum Gasteiger partial charge on any atom is -0.497 e. The molecule has 10 nitrogen and oxygen atoms in total. The van der Waals surface area contributed by atoms with Gasteiger partial charge in [-0.2, -0.15) is 0 Å². The lowest BCUT2D eigenvalue weighted by Gasteiger charge is -2.08. The second-order valence-corrected chi connectivity index (χ2v) is 9.65. The van der Waals surface area contributed by atoms with Crippen molar-refractivity contribution in [1.29, 1.82) is 0 Å². The van der Waals surface area contributed by atoms with Crippen molar-refractivity contribution in [3.63, 3.8) is 0 Å². The number of hydrogen-bond acceptors (Lipinski definition) is 6. The summed E-state index contributed by atoms with van der Waals surface area (Å²) in [6.45, 7) is 4.85. The van der Waals surface area contributed by atoms with Gasteiger partial charge in [0.2, 0.25) is 0 Å². The highest BCUT2D eigenvalue weighted by atomic mass is 16.5. The molecule has 0 atom stereocenters. The summed E-state index contributed by atoms with van der Waals surface area (Å²) < 4.78 is 10.5. The molecule has 40 heavy (non-hydrogen) atoms. The molecule has 0 aliphatic heterocycles. The smallest absolute Gasteiger partial charge is 0.253 e. The SMILES string of the molecule is COc1ccc2[nH]cc(C(=O)NCCCNCCCCNCCCNC(=O)c3c[nH]c4ccc(OC)cc34)c2c1. The highest BCUT2D eigenvalue weighted by molar-refractivity contribution is 6.07. The largest absolute Gasteiger partial charge is 0.497 e. The molecule has 2 aromatic carbocycles. The molecule has 0 aliphatic carbocycles. The molecule has 0 aliphatic rings. The van der Waals surface area contributed by atoms with Crippen molar-refractivity contribution < 1.29 is 19.1 Å². The Morgan fingerprint density at radius 1 is 0.625 bits per heavy atom. The van der Waals surface area contributed by atoms with E-state index in [0.29, 0.717) is 24.2 Å². The number of unbranched alkanes of at least 4 members (excludes halogenated alkanes) is 1. The van der Waals surface area contributed by atoms with Crippen LogP contribution in [0, 0.1) is 0 Å². The fraction of sp³-hybridized carbons (Fsp3) is 0.400. The minimum absolute atomic E-state index is 0.0798. The van der Waals surface area contributed by atoms with Gasteiger partial charge in [-0.1, -0.05) is 0 Å². The molecule has 4 aromatic rings. The number of ether oxygens (including phenoxy) is 2. The van der Waals surface area contributed by atoms with Gasteiger partial charge in [0.25, 0.3) is 11.8 Å². The molecule has 214 valence electrons. The lowest BCUT2D eigenvalue weighted by atomic mass is 10.1. The van der Waals surface area contributed by atoms with Crippen molar-refractivity contribution in [3.8, 4) is 11.5 Å². The van der Waals surface area contributed by atoms with Crippen molar-refractivity contribution in [2.75, 3.05) is 53.5 Å². The first-order chi connectivity index (χ1) is 19.6. The molecule has 10 heteroatoms. The number of nitrogens with one attached hydrogen (secondary N) is 6. The molecule has 0 spiro atoms. The maximum absolute atomic E-state index is 12.6. The number of aromatic nitrogens is 2. The van der Waals surface area contributed by atoms with E-state index in [1.165, 1.54) is 0 Å². The maximum Gasteiger partial charge on any atom is 0.253 e. The average Bonchev–Trinajstić information content (AvgIpc) is 3.60. The summed E-state index contributed by atoms with van der Waals surface area (Å²) in [5.41, 5.74) is 3.09. The maximum atomic E-state index is 12.6. The van der Waals surface area contributed by atoms with E-state index >= 15 is 0 Å². The lowest BCUT2D eigenvalue weighted by molar-refractivity contribution is 0.0946. The van der Waals surface area contributed by atoms with Crippen LogP contribution < -0.4 is 30.7 Å². The van der Waals surface area contributed by atoms with Gasteiger partial charge < -0.3 is 40.7 Å². The van der Waals surface area contributed by atoms with Gasteiger partial charge in [-0.05, 0) is 88.3 Å². The van der Waals surface area contributed by atoms with Crippen LogP contribution in [0.5, 0.6) is 11.5 Å². The number of benzene rings is 2. The molecule has 4 rings (SSSR count). The topological polar surface area (TPSA) is 132 Å². The second-order valence-electron chi connectivity index (χ2n) is 9.65. The van der Waals surface area contributed by atoms with Gasteiger partial charge in [0.05, 0.1) is 25.3 Å². The van der Waals surface area contributed by atoms with Gasteiger partial charge in [0.15, 0.2) is 0 Å². The highest BCUT2D eigenvalue weighted by Crippen LogP contribution is 2.24. The van der Waals surface area contributed by atoms with E-state index in [1.807, 2.05) is 36.4 Å². The third-order valence-corrected chi connectivity index (χ3v) is 6.86. The summed E-state index contributed by atoms with van der Waals surface area (Å²) in [5.74, 6) is 1.30. The molecular weight excluding hydrogens is 508 g/mol. The van der Waals surface area contributed by atoms with Gasteiger partial charge in [0, 0.05) is 47.3 Å². The average molecular weight is 549 g/mol. The van der Waals surface area contributed by atoms with Crippen LogP contribution in [0.2, 0.25) is 0 Å². The molecule has 2 amide bonds. The molecule has 6 N–H and O–H groups in total. The summed E-state index contributed by atoms with van der Waals surface area (Å²) >= 11 is 0. The van der Waals surface area contributed by atoms with Crippen LogP contribution in [0.3, 0.4) is 0 Å². The van der Waals surface area contributed by atoms with Crippen molar-refractivity contribution in [2.45, 2.75) is 25.7 Å². The van der Waals surface area contributed by atoms with Crippen LogP contribution >= 0.6 is 0 Å². The van der Waals surface area contributed by atoms with E-state index in [0.717, 1.165) is 85.2 Å². The van der Waals surface area contributed by atoms with Gasteiger partial charge in [-0.15, -0.1) is 0 Å². The monoisotopic (exact) mass is 548 g/mol. The Bertz CT molecular complexity index is 1290. The third-order valence-electron chi connectivity index (χ3n) is 6.86.